The molecule has 1 unspecified atom stereocenters. The second-order valence-electron chi connectivity index (χ2n) is 4.76. The molecule has 1 heterocycles. The normalized spacial score (nSPS) is 12.2. The third-order valence-corrected chi connectivity index (χ3v) is 3.52. The molecule has 0 amide bonds. The summed E-state index contributed by atoms with van der Waals surface area (Å²) >= 11 is 6.20. The first kappa shape index (κ1) is 14.8. The van der Waals surface area contributed by atoms with E-state index in [4.69, 9.17) is 16.3 Å². The van der Waals surface area contributed by atoms with Gasteiger partial charge in [-0.1, -0.05) is 29.8 Å². The lowest BCUT2D eigenvalue weighted by atomic mass is 10.1. The zero-order valence-electron chi connectivity index (χ0n) is 12.0. The second-order valence-corrected chi connectivity index (χ2v) is 5.17. The molecule has 0 spiro atoms. The lowest BCUT2D eigenvalue weighted by Crippen LogP contribution is -2.19. The number of ether oxygens (including phenoxy) is 1. The summed E-state index contributed by atoms with van der Waals surface area (Å²) in [6, 6.07) is 11.9. The maximum atomic E-state index is 6.20. The maximum absolute atomic E-state index is 6.20. The Hall–Kier alpha value is -1.58. The van der Waals surface area contributed by atoms with Gasteiger partial charge in [-0.05, 0) is 25.5 Å². The second kappa shape index (κ2) is 6.73. The van der Waals surface area contributed by atoms with Crippen molar-refractivity contribution >= 4 is 11.6 Å². The highest BCUT2D eigenvalue weighted by atomic mass is 35.5. The van der Waals surface area contributed by atoms with Gasteiger partial charge in [0.2, 0.25) is 0 Å². The van der Waals surface area contributed by atoms with Crippen molar-refractivity contribution in [3.05, 3.63) is 58.4 Å². The Labute approximate surface area is 124 Å². The van der Waals surface area contributed by atoms with E-state index in [2.05, 4.69) is 17.2 Å². The number of hydrogen-bond acceptors (Lipinski definition) is 3. The van der Waals surface area contributed by atoms with Crippen molar-refractivity contribution in [2.24, 2.45) is 0 Å². The topological polar surface area (TPSA) is 34.1 Å². The third kappa shape index (κ3) is 3.71. The molecule has 1 atom stereocenters. The Morgan fingerprint density at radius 3 is 2.75 bits per heavy atom. The van der Waals surface area contributed by atoms with Crippen LogP contribution in [-0.4, -0.2) is 12.1 Å². The number of pyridine rings is 1. The summed E-state index contributed by atoms with van der Waals surface area (Å²) in [5, 5.41) is 4.21. The minimum atomic E-state index is 0.164. The molecule has 0 radical (unpaired) electrons. The van der Waals surface area contributed by atoms with Crippen molar-refractivity contribution in [2.75, 3.05) is 7.11 Å². The Morgan fingerprint density at radius 2 is 2.05 bits per heavy atom. The molecule has 0 aliphatic carbocycles. The molecule has 0 bridgehead atoms. The fourth-order valence-electron chi connectivity index (χ4n) is 2.11. The van der Waals surface area contributed by atoms with Gasteiger partial charge in [0.05, 0.1) is 12.8 Å². The fourth-order valence-corrected chi connectivity index (χ4v) is 2.40. The molecule has 0 fully saturated rings. The van der Waals surface area contributed by atoms with Gasteiger partial charge in [0, 0.05) is 35.4 Å². The number of nitrogens with one attached hydrogen (secondary N) is 1. The highest BCUT2D eigenvalue weighted by Crippen LogP contribution is 2.22. The molecule has 1 aromatic carbocycles. The summed E-state index contributed by atoms with van der Waals surface area (Å²) in [6.07, 6.45) is 0. The van der Waals surface area contributed by atoms with E-state index < -0.39 is 0 Å². The molecule has 0 aliphatic rings. The molecular formula is C16H19ClN2O. The van der Waals surface area contributed by atoms with Crippen molar-refractivity contribution in [2.45, 2.75) is 26.4 Å². The van der Waals surface area contributed by atoms with Crippen molar-refractivity contribution in [3.63, 3.8) is 0 Å². The number of aromatic nitrogens is 1. The van der Waals surface area contributed by atoms with Gasteiger partial charge in [-0.15, -0.1) is 0 Å². The van der Waals surface area contributed by atoms with Crippen LogP contribution in [0.3, 0.4) is 0 Å². The first-order chi connectivity index (χ1) is 9.60. The van der Waals surface area contributed by atoms with E-state index in [1.165, 1.54) is 0 Å². The van der Waals surface area contributed by atoms with Gasteiger partial charge in [-0.2, -0.15) is 0 Å². The predicted octanol–water partition coefficient (Wildman–Crippen LogP) is 3.90. The lowest BCUT2D eigenvalue weighted by molar-refractivity contribution is 0.412. The maximum Gasteiger partial charge on any atom is 0.122 e. The summed E-state index contributed by atoms with van der Waals surface area (Å²) in [5.74, 6) is 0.833. The Morgan fingerprint density at radius 1 is 1.30 bits per heavy atom. The minimum Gasteiger partial charge on any atom is -0.497 e. The third-order valence-electron chi connectivity index (χ3n) is 3.18. The highest BCUT2D eigenvalue weighted by Gasteiger charge is 2.09. The monoisotopic (exact) mass is 290 g/mol. The SMILES string of the molecule is COc1cc(C)nc(CNC(C)c2ccccc2Cl)c1. The van der Waals surface area contributed by atoms with Crippen LogP contribution in [0.25, 0.3) is 0 Å². The van der Waals surface area contributed by atoms with E-state index in [1.54, 1.807) is 7.11 Å². The Kier molecular flexibility index (Phi) is 4.99. The molecule has 1 aromatic heterocycles. The van der Waals surface area contributed by atoms with Crippen LogP contribution < -0.4 is 10.1 Å². The van der Waals surface area contributed by atoms with E-state index in [-0.39, 0.29) is 6.04 Å². The number of methoxy groups -OCH3 is 1. The first-order valence-electron chi connectivity index (χ1n) is 6.59. The highest BCUT2D eigenvalue weighted by molar-refractivity contribution is 6.31. The summed E-state index contributed by atoms with van der Waals surface area (Å²) in [6.45, 7) is 4.72. The molecule has 0 saturated heterocycles. The van der Waals surface area contributed by atoms with Gasteiger partial charge < -0.3 is 10.1 Å². The molecule has 0 aliphatic heterocycles. The summed E-state index contributed by atoms with van der Waals surface area (Å²) in [7, 11) is 1.67. The Balaban J connectivity index is 2.05. The van der Waals surface area contributed by atoms with Crippen LogP contribution in [0.15, 0.2) is 36.4 Å². The van der Waals surface area contributed by atoms with E-state index in [0.717, 1.165) is 27.7 Å². The van der Waals surface area contributed by atoms with Gasteiger partial charge in [0.15, 0.2) is 0 Å². The van der Waals surface area contributed by atoms with Crippen molar-refractivity contribution in [1.82, 2.24) is 10.3 Å². The minimum absolute atomic E-state index is 0.164. The van der Waals surface area contributed by atoms with Crippen LogP contribution in [0.1, 0.15) is 29.9 Å². The quantitative estimate of drug-likeness (QED) is 0.907. The average molecular weight is 291 g/mol. The zero-order valence-corrected chi connectivity index (χ0v) is 12.7. The number of hydrogen-bond donors (Lipinski definition) is 1. The molecule has 20 heavy (non-hydrogen) atoms. The molecule has 2 rings (SSSR count). The molecule has 0 saturated carbocycles. The largest absolute Gasteiger partial charge is 0.497 e. The molecule has 106 valence electrons. The van der Waals surface area contributed by atoms with E-state index >= 15 is 0 Å². The number of nitrogens with zero attached hydrogens (tertiary/aromatic N) is 1. The van der Waals surface area contributed by atoms with Crippen LogP contribution in [0.4, 0.5) is 0 Å². The van der Waals surface area contributed by atoms with Gasteiger partial charge in [0.1, 0.15) is 5.75 Å². The number of benzene rings is 1. The first-order valence-corrected chi connectivity index (χ1v) is 6.97. The fraction of sp³-hybridized carbons (Fsp3) is 0.312. The van der Waals surface area contributed by atoms with Crippen molar-refractivity contribution in [3.8, 4) is 5.75 Å². The zero-order chi connectivity index (χ0) is 14.5. The van der Waals surface area contributed by atoms with E-state index in [1.807, 2.05) is 43.3 Å². The van der Waals surface area contributed by atoms with Crippen LogP contribution >= 0.6 is 11.6 Å². The van der Waals surface area contributed by atoms with Crippen LogP contribution in [0.5, 0.6) is 5.75 Å². The molecule has 2 aromatic rings. The van der Waals surface area contributed by atoms with Crippen molar-refractivity contribution < 1.29 is 4.74 Å². The summed E-state index contributed by atoms with van der Waals surface area (Å²) in [5.41, 5.74) is 3.00. The lowest BCUT2D eigenvalue weighted by Gasteiger charge is -2.16. The van der Waals surface area contributed by atoms with Crippen LogP contribution in [-0.2, 0) is 6.54 Å². The average Bonchev–Trinajstić information content (AvgIpc) is 2.44. The standard InChI is InChI=1S/C16H19ClN2O/c1-11-8-14(20-3)9-13(19-11)10-18-12(2)15-6-4-5-7-16(15)17/h4-9,12,18H,10H2,1-3H3. The van der Waals surface area contributed by atoms with Gasteiger partial charge >= 0.3 is 0 Å². The van der Waals surface area contributed by atoms with Crippen LogP contribution in [0.2, 0.25) is 5.02 Å². The van der Waals surface area contributed by atoms with Gasteiger partial charge in [0.25, 0.3) is 0 Å². The number of aryl methyl sites for hydroxylation is 1. The van der Waals surface area contributed by atoms with E-state index in [9.17, 15) is 0 Å². The molecule has 3 nitrogen and oxygen atoms in total. The summed E-state index contributed by atoms with van der Waals surface area (Å²) < 4.78 is 5.26. The van der Waals surface area contributed by atoms with Gasteiger partial charge in [-0.3, -0.25) is 4.98 Å². The van der Waals surface area contributed by atoms with Gasteiger partial charge in [-0.25, -0.2) is 0 Å². The number of halogens is 1. The smallest absolute Gasteiger partial charge is 0.122 e. The van der Waals surface area contributed by atoms with E-state index in [0.29, 0.717) is 6.54 Å². The number of rotatable bonds is 5. The molecular weight excluding hydrogens is 272 g/mol. The Bertz CT molecular complexity index is 586. The molecule has 1 N–H and O–H groups in total. The predicted molar refractivity (Wildman–Crippen MR) is 82.2 cm³/mol. The van der Waals surface area contributed by atoms with Crippen LogP contribution in [0, 0.1) is 6.92 Å². The van der Waals surface area contributed by atoms with Crippen molar-refractivity contribution in [1.29, 1.82) is 0 Å². The summed E-state index contributed by atoms with van der Waals surface area (Å²) in [4.78, 5) is 4.49. The molecule has 4 heteroatoms.